The molecule has 6 heteroatoms. The lowest BCUT2D eigenvalue weighted by molar-refractivity contribution is -0.605. The average molecular weight is 348 g/mol. The van der Waals surface area contributed by atoms with Crippen molar-refractivity contribution in [3.63, 3.8) is 0 Å². The monoisotopic (exact) mass is 347 g/mol. The van der Waals surface area contributed by atoms with Crippen LogP contribution < -0.4 is 10.0 Å². The van der Waals surface area contributed by atoms with Gasteiger partial charge < -0.3 is 10.5 Å². The Morgan fingerprint density at radius 1 is 1.25 bits per heavy atom. The molecule has 1 aromatic heterocycles. The molecule has 5 nitrogen and oxygen atoms in total. The molecule has 1 aromatic carbocycles. The summed E-state index contributed by atoms with van der Waals surface area (Å²) in [5.41, 5.74) is 1.32. The van der Waals surface area contributed by atoms with Crippen LogP contribution in [0.5, 0.6) is 0 Å². The Hall–Kier alpha value is -2.11. The van der Waals surface area contributed by atoms with Crippen LogP contribution in [0.2, 0.25) is 5.02 Å². The minimum Gasteiger partial charge on any atom is -0.619 e. The van der Waals surface area contributed by atoms with E-state index < -0.39 is 0 Å². The lowest BCUT2D eigenvalue weighted by atomic mass is 10.0. The molecule has 2 aromatic rings. The van der Waals surface area contributed by atoms with Gasteiger partial charge in [0, 0.05) is 17.6 Å². The van der Waals surface area contributed by atoms with Crippen LogP contribution in [0, 0.1) is 5.21 Å². The zero-order valence-corrected chi connectivity index (χ0v) is 14.7. The van der Waals surface area contributed by atoms with Gasteiger partial charge in [0.1, 0.15) is 5.56 Å². The second kappa shape index (κ2) is 8.66. The first kappa shape index (κ1) is 18.2. The molecule has 0 saturated carbocycles. The topological polar surface area (TPSA) is 59.3 Å². The van der Waals surface area contributed by atoms with Crippen molar-refractivity contribution in [3.05, 3.63) is 70.1 Å². The van der Waals surface area contributed by atoms with Crippen molar-refractivity contribution >= 4 is 17.5 Å². The number of nitrogens with one attached hydrogen (secondary N) is 1. The number of hydrogen-bond donors (Lipinski definition) is 1. The third kappa shape index (κ3) is 4.46. The van der Waals surface area contributed by atoms with E-state index in [9.17, 15) is 10.0 Å². The standard InChI is InChI=1S/C18H22ClN3O2/c1-3-21(4-2)17(15-9-5-6-10-16(15)19)12-20-18(23)14-8-7-11-22(24)13-14/h5-11,13,17H,3-4,12H2,1-2H3,(H,20,23). The molecule has 1 heterocycles. The van der Waals surface area contributed by atoms with E-state index in [2.05, 4.69) is 24.1 Å². The highest BCUT2D eigenvalue weighted by atomic mass is 35.5. The minimum atomic E-state index is -0.274. The van der Waals surface area contributed by atoms with Gasteiger partial charge in [0.2, 0.25) is 0 Å². The summed E-state index contributed by atoms with van der Waals surface area (Å²) < 4.78 is 0.616. The van der Waals surface area contributed by atoms with Crippen LogP contribution in [0.3, 0.4) is 0 Å². The molecule has 0 aliphatic heterocycles. The van der Waals surface area contributed by atoms with Gasteiger partial charge in [-0.15, -0.1) is 0 Å². The molecule has 24 heavy (non-hydrogen) atoms. The fraction of sp³-hybridized carbons (Fsp3) is 0.333. The van der Waals surface area contributed by atoms with Crippen molar-refractivity contribution in [1.82, 2.24) is 10.2 Å². The van der Waals surface area contributed by atoms with Crippen molar-refractivity contribution in [1.29, 1.82) is 0 Å². The number of hydrogen-bond acceptors (Lipinski definition) is 3. The minimum absolute atomic E-state index is 0.0271. The molecule has 0 aliphatic carbocycles. The number of aromatic nitrogens is 1. The van der Waals surface area contributed by atoms with E-state index >= 15 is 0 Å². The number of pyridine rings is 1. The smallest absolute Gasteiger partial charge is 0.257 e. The second-order valence-corrected chi connectivity index (χ2v) is 5.83. The number of amides is 1. The largest absolute Gasteiger partial charge is 0.619 e. The number of halogens is 1. The first-order valence-corrected chi connectivity index (χ1v) is 8.40. The fourth-order valence-electron chi connectivity index (χ4n) is 2.73. The molecular weight excluding hydrogens is 326 g/mol. The molecule has 0 bridgehead atoms. The van der Waals surface area contributed by atoms with Gasteiger partial charge in [-0.1, -0.05) is 43.6 Å². The van der Waals surface area contributed by atoms with Gasteiger partial charge in [-0.3, -0.25) is 9.69 Å². The zero-order chi connectivity index (χ0) is 17.5. The highest BCUT2D eigenvalue weighted by Gasteiger charge is 2.21. The molecule has 0 saturated heterocycles. The lowest BCUT2D eigenvalue weighted by Gasteiger charge is -2.30. The van der Waals surface area contributed by atoms with E-state index in [1.165, 1.54) is 12.4 Å². The molecule has 0 aliphatic rings. The zero-order valence-electron chi connectivity index (χ0n) is 13.9. The first-order chi connectivity index (χ1) is 11.6. The van der Waals surface area contributed by atoms with Crippen LogP contribution in [0.1, 0.15) is 35.8 Å². The predicted molar refractivity (Wildman–Crippen MR) is 94.8 cm³/mol. The molecule has 128 valence electrons. The number of rotatable bonds is 7. The number of nitrogens with zero attached hydrogens (tertiary/aromatic N) is 2. The summed E-state index contributed by atoms with van der Waals surface area (Å²) in [6.45, 7) is 6.25. The van der Waals surface area contributed by atoms with Crippen LogP contribution >= 0.6 is 11.6 Å². The summed E-state index contributed by atoms with van der Waals surface area (Å²) in [5, 5.41) is 14.9. The fourth-order valence-corrected chi connectivity index (χ4v) is 2.99. The van der Waals surface area contributed by atoms with Crippen molar-refractivity contribution in [2.75, 3.05) is 19.6 Å². The van der Waals surface area contributed by atoms with Gasteiger partial charge >= 0.3 is 0 Å². The van der Waals surface area contributed by atoms with Gasteiger partial charge in [0.15, 0.2) is 12.4 Å². The molecule has 1 N–H and O–H groups in total. The molecule has 1 atom stereocenters. The van der Waals surface area contributed by atoms with Gasteiger partial charge in [-0.2, -0.15) is 4.73 Å². The van der Waals surface area contributed by atoms with Gasteiger partial charge in [0.05, 0.1) is 6.04 Å². The maximum Gasteiger partial charge on any atom is 0.257 e. The Morgan fingerprint density at radius 2 is 1.96 bits per heavy atom. The second-order valence-electron chi connectivity index (χ2n) is 5.42. The number of benzene rings is 1. The SMILES string of the molecule is CCN(CC)C(CNC(=O)c1ccc[n+]([O-])c1)c1ccccc1Cl. The molecule has 2 rings (SSSR count). The number of likely N-dealkylation sites (N-methyl/N-ethyl adjacent to an activating group) is 1. The summed E-state index contributed by atoms with van der Waals surface area (Å²) in [4.78, 5) is 14.5. The average Bonchev–Trinajstić information content (AvgIpc) is 2.59. The van der Waals surface area contributed by atoms with Crippen LogP contribution in [0.4, 0.5) is 0 Å². The first-order valence-electron chi connectivity index (χ1n) is 8.02. The van der Waals surface area contributed by atoms with Gasteiger partial charge in [0.25, 0.3) is 5.91 Å². The van der Waals surface area contributed by atoms with Crippen molar-refractivity contribution in [2.45, 2.75) is 19.9 Å². The third-order valence-corrected chi connectivity index (χ3v) is 4.35. The molecule has 1 unspecified atom stereocenters. The van der Waals surface area contributed by atoms with Crippen LogP contribution in [-0.4, -0.2) is 30.4 Å². The van der Waals surface area contributed by atoms with E-state index in [1.807, 2.05) is 24.3 Å². The Kier molecular flexibility index (Phi) is 6.58. The lowest BCUT2D eigenvalue weighted by Crippen LogP contribution is -2.38. The number of carbonyl (C=O) groups excluding carboxylic acids is 1. The summed E-state index contributed by atoms with van der Waals surface area (Å²) in [7, 11) is 0. The number of carbonyl (C=O) groups is 1. The summed E-state index contributed by atoms with van der Waals surface area (Å²) in [5.74, 6) is -0.274. The maximum absolute atomic E-state index is 12.3. The molecule has 1 amide bonds. The van der Waals surface area contributed by atoms with Crippen molar-refractivity contribution in [2.24, 2.45) is 0 Å². The Balaban J connectivity index is 2.17. The molecule has 0 spiro atoms. The maximum atomic E-state index is 12.3. The predicted octanol–water partition coefficient (Wildman–Crippen LogP) is 2.79. The summed E-state index contributed by atoms with van der Waals surface area (Å²) >= 11 is 6.35. The Bertz CT molecular complexity index is 689. The van der Waals surface area contributed by atoms with Crippen LogP contribution in [0.15, 0.2) is 48.8 Å². The normalized spacial score (nSPS) is 12.2. The highest BCUT2D eigenvalue weighted by Crippen LogP contribution is 2.27. The quantitative estimate of drug-likeness (QED) is 0.619. The Labute approximate surface area is 147 Å². The van der Waals surface area contributed by atoms with Gasteiger partial charge in [-0.05, 0) is 30.8 Å². The van der Waals surface area contributed by atoms with E-state index in [-0.39, 0.29) is 11.9 Å². The van der Waals surface area contributed by atoms with Crippen molar-refractivity contribution in [3.8, 4) is 0 Å². The van der Waals surface area contributed by atoms with Crippen molar-refractivity contribution < 1.29 is 9.52 Å². The third-order valence-electron chi connectivity index (χ3n) is 4.01. The molecule has 0 radical (unpaired) electrons. The molecule has 0 fully saturated rings. The van der Waals surface area contributed by atoms with E-state index in [1.54, 1.807) is 12.1 Å². The van der Waals surface area contributed by atoms with E-state index in [4.69, 9.17) is 11.6 Å². The summed E-state index contributed by atoms with van der Waals surface area (Å²) in [6, 6.07) is 10.8. The van der Waals surface area contributed by atoms with E-state index in [0.29, 0.717) is 21.9 Å². The van der Waals surface area contributed by atoms with Gasteiger partial charge in [-0.25, -0.2) is 0 Å². The summed E-state index contributed by atoms with van der Waals surface area (Å²) in [6.07, 6.45) is 2.61. The Morgan fingerprint density at radius 3 is 2.58 bits per heavy atom. The van der Waals surface area contributed by atoms with Crippen LogP contribution in [0.25, 0.3) is 0 Å². The van der Waals surface area contributed by atoms with Crippen LogP contribution in [-0.2, 0) is 0 Å². The highest BCUT2D eigenvalue weighted by molar-refractivity contribution is 6.31. The molecular formula is C18H22ClN3O2. The van der Waals surface area contributed by atoms with E-state index in [0.717, 1.165) is 18.7 Å².